The van der Waals surface area contributed by atoms with Crippen molar-refractivity contribution < 1.29 is 9.53 Å². The van der Waals surface area contributed by atoms with Crippen LogP contribution in [0.3, 0.4) is 0 Å². The van der Waals surface area contributed by atoms with Crippen LogP contribution >= 0.6 is 11.6 Å². The maximum atomic E-state index is 11.3. The molecule has 0 fully saturated rings. The van der Waals surface area contributed by atoms with Gasteiger partial charge < -0.3 is 4.74 Å². The van der Waals surface area contributed by atoms with Gasteiger partial charge in [0, 0.05) is 5.88 Å². The first kappa shape index (κ1) is 11.8. The van der Waals surface area contributed by atoms with E-state index in [2.05, 4.69) is 0 Å². The Kier molecular flexibility index (Phi) is 4.61. The van der Waals surface area contributed by atoms with Crippen molar-refractivity contribution in [3.8, 4) is 0 Å². The predicted octanol–water partition coefficient (Wildman–Crippen LogP) is 2.59. The van der Waals surface area contributed by atoms with Crippen molar-refractivity contribution in [1.29, 1.82) is 0 Å². The van der Waals surface area contributed by atoms with E-state index in [4.69, 9.17) is 16.3 Å². The van der Waals surface area contributed by atoms with Crippen molar-refractivity contribution in [1.82, 2.24) is 0 Å². The minimum absolute atomic E-state index is 0.0748. The second-order valence-corrected chi connectivity index (χ2v) is 4.32. The van der Waals surface area contributed by atoms with Crippen LogP contribution in [0.2, 0.25) is 0 Å². The number of halogens is 1. The van der Waals surface area contributed by atoms with Crippen molar-refractivity contribution in [2.45, 2.75) is 40.2 Å². The zero-order chi connectivity index (χ0) is 9.78. The molecule has 12 heavy (non-hydrogen) atoms. The summed E-state index contributed by atoms with van der Waals surface area (Å²) in [6.07, 6.45) is 0.637. The van der Waals surface area contributed by atoms with E-state index in [1.807, 2.05) is 27.7 Å². The van der Waals surface area contributed by atoms with Gasteiger partial charge in [-0.3, -0.25) is 4.79 Å². The summed E-state index contributed by atoms with van der Waals surface area (Å²) < 4.78 is 5.13. The highest BCUT2D eigenvalue weighted by atomic mass is 35.5. The number of rotatable bonds is 3. The fourth-order valence-electron chi connectivity index (χ4n) is 0.572. The molecule has 0 aromatic heterocycles. The highest BCUT2D eigenvalue weighted by Crippen LogP contribution is 2.17. The number of carbonyl (C=O) groups excluding carboxylic acids is 1. The number of alkyl halides is 1. The number of hydrogen-bond donors (Lipinski definition) is 0. The van der Waals surface area contributed by atoms with Gasteiger partial charge in [-0.1, -0.05) is 0 Å². The Balaban J connectivity index is 3.85. The molecule has 0 radical (unpaired) electrons. The van der Waals surface area contributed by atoms with Crippen LogP contribution in [0, 0.1) is 5.41 Å². The zero-order valence-electron chi connectivity index (χ0n) is 8.19. The molecule has 0 aliphatic rings. The van der Waals surface area contributed by atoms with Crippen molar-refractivity contribution >= 4 is 17.6 Å². The number of ether oxygens (including phenoxy) is 1. The number of esters is 1. The second-order valence-electron chi connectivity index (χ2n) is 3.94. The molecule has 0 bridgehead atoms. The third kappa shape index (κ3) is 4.60. The summed E-state index contributed by atoms with van der Waals surface area (Å²) in [5.74, 6) is 0.360. The molecule has 0 heterocycles. The maximum absolute atomic E-state index is 11.3. The lowest BCUT2D eigenvalue weighted by molar-refractivity contribution is -0.157. The lowest BCUT2D eigenvalue weighted by atomic mass is 9.97. The molecule has 1 atom stereocenters. The first-order valence-electron chi connectivity index (χ1n) is 4.15. The van der Waals surface area contributed by atoms with Crippen LogP contribution in [0.1, 0.15) is 34.1 Å². The first-order valence-corrected chi connectivity index (χ1v) is 4.68. The SMILES string of the molecule is CC(CCCl)OC(=O)C(C)(C)C. The molecule has 0 amide bonds. The van der Waals surface area contributed by atoms with Gasteiger partial charge in [-0.25, -0.2) is 0 Å². The van der Waals surface area contributed by atoms with Crippen molar-refractivity contribution in [3.05, 3.63) is 0 Å². The normalized spacial score (nSPS) is 14.1. The van der Waals surface area contributed by atoms with E-state index in [1.165, 1.54) is 0 Å². The van der Waals surface area contributed by atoms with E-state index in [0.29, 0.717) is 12.3 Å². The fourth-order valence-corrected chi connectivity index (χ4v) is 0.879. The largest absolute Gasteiger partial charge is 0.462 e. The minimum Gasteiger partial charge on any atom is -0.462 e. The van der Waals surface area contributed by atoms with E-state index in [9.17, 15) is 4.79 Å². The van der Waals surface area contributed by atoms with Gasteiger partial charge in [-0.05, 0) is 34.1 Å². The molecule has 0 aliphatic heterocycles. The Hall–Kier alpha value is -0.240. The Bertz CT molecular complexity index is 149. The lowest BCUT2D eigenvalue weighted by Gasteiger charge is -2.20. The molecule has 0 spiro atoms. The van der Waals surface area contributed by atoms with E-state index < -0.39 is 5.41 Å². The predicted molar refractivity (Wildman–Crippen MR) is 50.3 cm³/mol. The summed E-state index contributed by atoms with van der Waals surface area (Å²) in [5, 5.41) is 0. The van der Waals surface area contributed by atoms with Crippen molar-refractivity contribution in [2.24, 2.45) is 5.41 Å². The van der Waals surface area contributed by atoms with E-state index >= 15 is 0 Å². The molecule has 0 aromatic rings. The van der Waals surface area contributed by atoms with Crippen LogP contribution < -0.4 is 0 Å². The molecule has 72 valence electrons. The van der Waals surface area contributed by atoms with Gasteiger partial charge in [0.2, 0.25) is 0 Å². The molecule has 0 aliphatic carbocycles. The highest BCUT2D eigenvalue weighted by Gasteiger charge is 2.24. The summed E-state index contributed by atoms with van der Waals surface area (Å²) in [4.78, 5) is 11.3. The standard InChI is InChI=1S/C9H17ClO2/c1-7(5-6-10)12-8(11)9(2,3)4/h7H,5-6H2,1-4H3. The van der Waals surface area contributed by atoms with Gasteiger partial charge in [0.1, 0.15) is 6.10 Å². The van der Waals surface area contributed by atoms with Crippen LogP contribution in [0.4, 0.5) is 0 Å². The van der Waals surface area contributed by atoms with Crippen LogP contribution in [-0.2, 0) is 9.53 Å². The van der Waals surface area contributed by atoms with Gasteiger partial charge in [0.25, 0.3) is 0 Å². The number of hydrogen-bond acceptors (Lipinski definition) is 2. The van der Waals surface area contributed by atoms with Crippen molar-refractivity contribution in [3.63, 3.8) is 0 Å². The van der Waals surface area contributed by atoms with E-state index in [-0.39, 0.29) is 12.1 Å². The van der Waals surface area contributed by atoms with Crippen LogP contribution in [-0.4, -0.2) is 18.0 Å². The average molecular weight is 193 g/mol. The van der Waals surface area contributed by atoms with E-state index in [1.54, 1.807) is 0 Å². The number of carbonyl (C=O) groups is 1. The Morgan fingerprint density at radius 3 is 2.33 bits per heavy atom. The lowest BCUT2D eigenvalue weighted by Crippen LogP contribution is -2.27. The van der Waals surface area contributed by atoms with E-state index in [0.717, 1.165) is 0 Å². The van der Waals surface area contributed by atoms with Crippen molar-refractivity contribution in [2.75, 3.05) is 5.88 Å². The van der Waals surface area contributed by atoms with Gasteiger partial charge in [-0.15, -0.1) is 11.6 Å². The maximum Gasteiger partial charge on any atom is 0.311 e. The smallest absolute Gasteiger partial charge is 0.311 e. The van der Waals surface area contributed by atoms with Crippen LogP contribution in [0.15, 0.2) is 0 Å². The Morgan fingerprint density at radius 1 is 1.50 bits per heavy atom. The zero-order valence-corrected chi connectivity index (χ0v) is 8.94. The third-order valence-electron chi connectivity index (χ3n) is 1.44. The second kappa shape index (κ2) is 4.70. The molecular formula is C9H17ClO2. The summed E-state index contributed by atoms with van der Waals surface area (Å²) in [6, 6.07) is 0. The molecular weight excluding hydrogens is 176 g/mol. The monoisotopic (exact) mass is 192 g/mol. The van der Waals surface area contributed by atoms with Gasteiger partial charge >= 0.3 is 5.97 Å². The Morgan fingerprint density at radius 2 is 2.00 bits per heavy atom. The topological polar surface area (TPSA) is 26.3 Å². The summed E-state index contributed by atoms with van der Waals surface area (Å²) in [5.41, 5.74) is -0.416. The minimum atomic E-state index is -0.416. The molecule has 1 unspecified atom stereocenters. The molecule has 0 saturated carbocycles. The average Bonchev–Trinajstić information content (AvgIpc) is 1.85. The Labute approximate surface area is 79.2 Å². The van der Waals surface area contributed by atoms with Gasteiger partial charge in [-0.2, -0.15) is 0 Å². The van der Waals surface area contributed by atoms with Crippen LogP contribution in [0.5, 0.6) is 0 Å². The first-order chi connectivity index (χ1) is 5.38. The van der Waals surface area contributed by atoms with Gasteiger partial charge in [0.15, 0.2) is 0 Å². The summed E-state index contributed by atoms with van der Waals surface area (Å²) in [6.45, 7) is 7.36. The highest BCUT2D eigenvalue weighted by molar-refractivity contribution is 6.17. The molecule has 0 rings (SSSR count). The molecule has 2 nitrogen and oxygen atoms in total. The molecule has 0 saturated heterocycles. The van der Waals surface area contributed by atoms with Gasteiger partial charge in [0.05, 0.1) is 5.41 Å². The quantitative estimate of drug-likeness (QED) is 0.508. The fraction of sp³-hybridized carbons (Fsp3) is 0.889. The molecule has 3 heteroatoms. The van der Waals surface area contributed by atoms with Crippen LogP contribution in [0.25, 0.3) is 0 Å². The third-order valence-corrected chi connectivity index (χ3v) is 1.65. The molecule has 0 aromatic carbocycles. The summed E-state index contributed by atoms with van der Waals surface area (Å²) in [7, 11) is 0. The summed E-state index contributed by atoms with van der Waals surface area (Å²) >= 11 is 5.50. The molecule has 0 N–H and O–H groups in total.